The van der Waals surface area contributed by atoms with Crippen LogP contribution in [0.3, 0.4) is 0 Å². The van der Waals surface area contributed by atoms with Crippen molar-refractivity contribution < 1.29 is 4.42 Å². The van der Waals surface area contributed by atoms with Crippen LogP contribution in [0.15, 0.2) is 68.7 Å². The first-order valence-electron chi connectivity index (χ1n) is 7.05. The number of halogens is 1. The Hall–Kier alpha value is -2.70. The molecule has 0 bridgehead atoms. The molecule has 0 saturated carbocycles. The average molecular weight is 356 g/mol. The van der Waals surface area contributed by atoms with Crippen LogP contribution in [0.5, 0.6) is 0 Å². The van der Waals surface area contributed by atoms with Crippen LogP contribution >= 0.6 is 22.9 Å². The van der Waals surface area contributed by atoms with E-state index in [1.807, 2.05) is 29.6 Å². The highest BCUT2D eigenvalue weighted by Crippen LogP contribution is 2.30. The molecule has 0 spiro atoms. The van der Waals surface area contributed by atoms with E-state index in [1.165, 1.54) is 28.6 Å². The van der Waals surface area contributed by atoms with Gasteiger partial charge in [-0.25, -0.2) is 4.98 Å². The van der Waals surface area contributed by atoms with Crippen LogP contribution in [0.25, 0.3) is 21.5 Å². The Morgan fingerprint density at radius 3 is 2.92 bits per heavy atom. The first-order valence-corrected chi connectivity index (χ1v) is 8.31. The van der Waals surface area contributed by atoms with E-state index < -0.39 is 0 Å². The van der Waals surface area contributed by atoms with Gasteiger partial charge in [-0.05, 0) is 18.2 Å². The Bertz CT molecular complexity index is 1100. The quantitative estimate of drug-likeness (QED) is 0.516. The minimum atomic E-state index is -0.254. The summed E-state index contributed by atoms with van der Waals surface area (Å²) in [5.74, 6) is 0.632. The van der Waals surface area contributed by atoms with Crippen LogP contribution in [0.2, 0.25) is 5.02 Å². The van der Waals surface area contributed by atoms with Crippen molar-refractivity contribution in [3.05, 3.63) is 75.3 Å². The van der Waals surface area contributed by atoms with Crippen molar-refractivity contribution in [2.45, 2.75) is 0 Å². The van der Waals surface area contributed by atoms with E-state index in [0.717, 1.165) is 11.1 Å². The minimum Gasteiger partial charge on any atom is -0.464 e. The molecule has 4 aromatic rings. The third-order valence-corrected chi connectivity index (χ3v) is 4.72. The van der Waals surface area contributed by atoms with Gasteiger partial charge in [0.05, 0.1) is 17.9 Å². The summed E-state index contributed by atoms with van der Waals surface area (Å²) in [6, 6.07) is 10.9. The maximum atomic E-state index is 12.8. The van der Waals surface area contributed by atoms with Crippen LogP contribution in [0, 0.1) is 0 Å². The molecular formula is C17H10ClN3O2S. The number of nitrogens with zero attached hydrogens (tertiary/aromatic N) is 3. The van der Waals surface area contributed by atoms with Gasteiger partial charge in [-0.2, -0.15) is 9.78 Å². The number of hydrogen-bond acceptors (Lipinski definition) is 5. The molecular weight excluding hydrogens is 346 g/mol. The van der Waals surface area contributed by atoms with E-state index in [1.54, 1.807) is 18.4 Å². The molecule has 0 N–H and O–H groups in total. The van der Waals surface area contributed by atoms with Gasteiger partial charge in [0.2, 0.25) is 0 Å². The number of hydrogen-bond donors (Lipinski definition) is 0. The Kier molecular flexibility index (Phi) is 3.76. The Balaban J connectivity index is 1.83. The molecule has 7 heteroatoms. The molecule has 0 saturated heterocycles. The molecule has 0 amide bonds. The van der Waals surface area contributed by atoms with Crippen LogP contribution in [-0.2, 0) is 0 Å². The second-order valence-corrected chi connectivity index (χ2v) is 6.23. The fraction of sp³-hybridized carbons (Fsp3) is 0. The van der Waals surface area contributed by atoms with Gasteiger partial charge >= 0.3 is 0 Å². The molecule has 0 fully saturated rings. The van der Waals surface area contributed by atoms with Crippen LogP contribution in [0.1, 0.15) is 5.56 Å². The van der Waals surface area contributed by atoms with E-state index >= 15 is 0 Å². The summed E-state index contributed by atoms with van der Waals surface area (Å²) >= 11 is 7.49. The summed E-state index contributed by atoms with van der Waals surface area (Å²) in [5, 5.41) is 7.12. The smallest absolute Gasteiger partial charge is 0.283 e. The molecule has 0 aliphatic rings. The predicted octanol–water partition coefficient (Wildman–Crippen LogP) is 4.25. The molecule has 0 aliphatic heterocycles. The molecule has 24 heavy (non-hydrogen) atoms. The Morgan fingerprint density at radius 2 is 2.12 bits per heavy atom. The highest BCUT2D eigenvalue weighted by atomic mass is 35.5. The van der Waals surface area contributed by atoms with Crippen molar-refractivity contribution in [3.63, 3.8) is 0 Å². The van der Waals surface area contributed by atoms with Crippen molar-refractivity contribution in [3.8, 4) is 11.3 Å². The molecule has 3 heterocycles. The number of thiophene rings is 1. The molecule has 4 rings (SSSR count). The highest BCUT2D eigenvalue weighted by molar-refractivity contribution is 7.17. The monoisotopic (exact) mass is 355 g/mol. The molecule has 0 radical (unpaired) electrons. The molecule has 1 aromatic carbocycles. The van der Waals surface area contributed by atoms with Crippen LogP contribution in [-0.4, -0.2) is 15.9 Å². The largest absolute Gasteiger partial charge is 0.464 e. The molecule has 3 aromatic heterocycles. The minimum absolute atomic E-state index is 0.254. The highest BCUT2D eigenvalue weighted by Gasteiger charge is 2.14. The van der Waals surface area contributed by atoms with Gasteiger partial charge in [0.1, 0.15) is 16.9 Å². The first-order chi connectivity index (χ1) is 11.7. The fourth-order valence-corrected chi connectivity index (χ4v) is 3.39. The summed E-state index contributed by atoms with van der Waals surface area (Å²) in [7, 11) is 0. The van der Waals surface area contributed by atoms with E-state index in [2.05, 4.69) is 10.1 Å². The summed E-state index contributed by atoms with van der Waals surface area (Å²) in [6.07, 6.45) is 4.51. The van der Waals surface area contributed by atoms with Gasteiger partial charge in [-0.3, -0.25) is 4.79 Å². The topological polar surface area (TPSA) is 60.4 Å². The zero-order chi connectivity index (χ0) is 16.5. The summed E-state index contributed by atoms with van der Waals surface area (Å²) in [4.78, 5) is 17.7. The van der Waals surface area contributed by atoms with E-state index in [-0.39, 0.29) is 5.56 Å². The van der Waals surface area contributed by atoms with E-state index in [4.69, 9.17) is 16.0 Å². The lowest BCUT2D eigenvalue weighted by Gasteiger charge is -2.00. The van der Waals surface area contributed by atoms with Gasteiger partial charge in [0.15, 0.2) is 0 Å². The second kappa shape index (κ2) is 6.07. The van der Waals surface area contributed by atoms with Crippen molar-refractivity contribution >= 4 is 39.4 Å². The standard InChI is InChI=1S/C17H10ClN3O2S/c18-13-5-2-1-4-11(13)8-20-21-10-19-16-15(17(21)22)12(9-24-16)14-6-3-7-23-14/h1-10H/b20-8-. The molecule has 0 unspecified atom stereocenters. The van der Waals surface area contributed by atoms with Gasteiger partial charge < -0.3 is 4.42 Å². The van der Waals surface area contributed by atoms with Crippen molar-refractivity contribution in [1.29, 1.82) is 0 Å². The van der Waals surface area contributed by atoms with Gasteiger partial charge in [0, 0.05) is 21.5 Å². The Labute approximate surface area is 145 Å². The zero-order valence-corrected chi connectivity index (χ0v) is 13.8. The molecule has 0 aliphatic carbocycles. The van der Waals surface area contributed by atoms with Crippen molar-refractivity contribution in [2.75, 3.05) is 0 Å². The van der Waals surface area contributed by atoms with Crippen LogP contribution in [0.4, 0.5) is 0 Å². The maximum absolute atomic E-state index is 12.8. The van der Waals surface area contributed by atoms with Gasteiger partial charge in [-0.1, -0.05) is 29.8 Å². The van der Waals surface area contributed by atoms with E-state index in [9.17, 15) is 4.79 Å². The van der Waals surface area contributed by atoms with Crippen molar-refractivity contribution in [2.24, 2.45) is 5.10 Å². The third kappa shape index (κ3) is 2.55. The lowest BCUT2D eigenvalue weighted by molar-refractivity contribution is 0.583. The number of aromatic nitrogens is 2. The summed E-state index contributed by atoms with van der Waals surface area (Å²) in [6.45, 7) is 0. The van der Waals surface area contributed by atoms with Gasteiger partial charge in [0.25, 0.3) is 5.56 Å². The predicted molar refractivity (Wildman–Crippen MR) is 96.0 cm³/mol. The number of rotatable bonds is 3. The third-order valence-electron chi connectivity index (χ3n) is 3.49. The van der Waals surface area contributed by atoms with E-state index in [0.29, 0.717) is 21.0 Å². The SMILES string of the molecule is O=c1c2c(-c3ccco3)csc2ncn1/N=C\c1ccccc1Cl. The molecule has 5 nitrogen and oxygen atoms in total. The average Bonchev–Trinajstić information content (AvgIpc) is 3.25. The second-order valence-electron chi connectivity index (χ2n) is 4.97. The number of fused-ring (bicyclic) bond motifs is 1. The lowest BCUT2D eigenvalue weighted by atomic mass is 10.2. The lowest BCUT2D eigenvalue weighted by Crippen LogP contribution is -2.16. The fourth-order valence-electron chi connectivity index (χ4n) is 2.32. The first kappa shape index (κ1) is 14.9. The van der Waals surface area contributed by atoms with Crippen molar-refractivity contribution in [1.82, 2.24) is 9.66 Å². The zero-order valence-electron chi connectivity index (χ0n) is 12.2. The summed E-state index contributed by atoms with van der Waals surface area (Å²) in [5.41, 5.74) is 1.19. The normalized spacial score (nSPS) is 11.5. The molecule has 118 valence electrons. The number of furan rings is 1. The number of benzene rings is 1. The Morgan fingerprint density at radius 1 is 1.25 bits per heavy atom. The van der Waals surface area contributed by atoms with Gasteiger partial charge in [-0.15, -0.1) is 11.3 Å². The van der Waals surface area contributed by atoms with Crippen LogP contribution < -0.4 is 5.56 Å². The molecule has 0 atom stereocenters. The maximum Gasteiger partial charge on any atom is 0.283 e. The summed E-state index contributed by atoms with van der Waals surface area (Å²) < 4.78 is 6.60.